The van der Waals surface area contributed by atoms with Crippen LogP contribution in [0.4, 0.5) is 4.79 Å². The second-order valence-electron chi connectivity index (χ2n) is 7.25. The van der Waals surface area contributed by atoms with E-state index in [1.807, 2.05) is 22.9 Å². The molecule has 2 aromatic heterocycles. The van der Waals surface area contributed by atoms with Crippen LogP contribution in [0.15, 0.2) is 69.8 Å². The third-order valence-electron chi connectivity index (χ3n) is 5.26. The van der Waals surface area contributed by atoms with Crippen molar-refractivity contribution < 1.29 is 18.7 Å². The van der Waals surface area contributed by atoms with Crippen molar-refractivity contribution in [2.75, 3.05) is 12.4 Å². The number of benzene rings is 1. The van der Waals surface area contributed by atoms with Crippen molar-refractivity contribution in [2.24, 2.45) is 0 Å². The Morgan fingerprint density at radius 2 is 2.12 bits per heavy atom. The fraction of sp³-hybridized carbons (Fsp3) is 0.261. The number of imidazole rings is 1. The van der Waals surface area contributed by atoms with Crippen molar-refractivity contribution >= 4 is 23.8 Å². The molecule has 2 N–H and O–H groups in total. The molecule has 0 spiro atoms. The van der Waals surface area contributed by atoms with E-state index in [9.17, 15) is 9.59 Å². The highest BCUT2D eigenvalue weighted by Gasteiger charge is 2.35. The highest BCUT2D eigenvalue weighted by atomic mass is 32.2. The first-order chi connectivity index (χ1) is 15.5. The predicted octanol–water partition coefficient (Wildman–Crippen LogP) is 4.05. The molecule has 0 radical (unpaired) electrons. The number of furan rings is 1. The molecule has 0 saturated heterocycles. The van der Waals surface area contributed by atoms with Crippen molar-refractivity contribution in [3.63, 3.8) is 0 Å². The van der Waals surface area contributed by atoms with Crippen molar-refractivity contribution in [3.8, 4) is 5.69 Å². The molecule has 32 heavy (non-hydrogen) atoms. The molecule has 0 bridgehead atoms. The monoisotopic (exact) mass is 452 g/mol. The highest BCUT2D eigenvalue weighted by molar-refractivity contribution is 7.99. The molecular weight excluding hydrogens is 428 g/mol. The van der Waals surface area contributed by atoms with E-state index < -0.39 is 18.0 Å². The molecule has 1 aliphatic heterocycles. The van der Waals surface area contributed by atoms with Gasteiger partial charge in [0.25, 0.3) is 0 Å². The lowest BCUT2D eigenvalue weighted by Gasteiger charge is -2.27. The lowest BCUT2D eigenvalue weighted by Crippen LogP contribution is -2.46. The molecular formula is C23H24N4O4S. The first-order valence-electron chi connectivity index (χ1n) is 10.2. The van der Waals surface area contributed by atoms with Gasteiger partial charge in [-0.05, 0) is 50.1 Å². The van der Waals surface area contributed by atoms with Gasteiger partial charge >= 0.3 is 12.0 Å². The molecule has 1 atom stereocenters. The average molecular weight is 453 g/mol. The summed E-state index contributed by atoms with van der Waals surface area (Å²) in [6, 6.07) is 8.40. The molecule has 0 aliphatic carbocycles. The normalized spacial score (nSPS) is 16.0. The van der Waals surface area contributed by atoms with E-state index in [4.69, 9.17) is 9.15 Å². The van der Waals surface area contributed by atoms with Gasteiger partial charge in [0.2, 0.25) is 0 Å². The van der Waals surface area contributed by atoms with E-state index in [2.05, 4.69) is 35.5 Å². The van der Waals surface area contributed by atoms with Crippen LogP contribution >= 0.6 is 11.8 Å². The van der Waals surface area contributed by atoms with Crippen molar-refractivity contribution in [1.82, 2.24) is 20.2 Å². The van der Waals surface area contributed by atoms with Crippen LogP contribution in [0.25, 0.3) is 5.69 Å². The molecule has 1 unspecified atom stereocenters. The average Bonchev–Trinajstić information content (AvgIpc) is 3.46. The Labute approximate surface area is 190 Å². The predicted molar refractivity (Wildman–Crippen MR) is 121 cm³/mol. The number of hydrogen-bond acceptors (Lipinski definition) is 6. The Hall–Kier alpha value is -3.46. The van der Waals surface area contributed by atoms with Crippen molar-refractivity contribution in [1.29, 1.82) is 0 Å². The number of esters is 1. The maximum atomic E-state index is 12.8. The van der Waals surface area contributed by atoms with E-state index in [0.717, 1.165) is 16.4 Å². The van der Waals surface area contributed by atoms with Crippen LogP contribution in [0.5, 0.6) is 0 Å². The van der Waals surface area contributed by atoms with Crippen LogP contribution in [0, 0.1) is 13.8 Å². The number of carbonyl (C=O) groups is 2. The summed E-state index contributed by atoms with van der Waals surface area (Å²) in [4.78, 5) is 29.6. The molecule has 1 aromatic carbocycles. The number of nitrogens with one attached hydrogen (secondary N) is 2. The summed E-state index contributed by atoms with van der Waals surface area (Å²) in [5, 5.41) is 6.27. The summed E-state index contributed by atoms with van der Waals surface area (Å²) in [5.41, 5.74) is 4.17. The van der Waals surface area contributed by atoms with Crippen LogP contribution in [-0.2, 0) is 9.53 Å². The quantitative estimate of drug-likeness (QED) is 0.415. The molecule has 3 heterocycles. The number of nitrogens with zero attached hydrogens (tertiary/aromatic N) is 2. The lowest BCUT2D eigenvalue weighted by molar-refractivity contribution is -0.139. The number of thioether (sulfide) groups is 1. The zero-order valence-electron chi connectivity index (χ0n) is 18.0. The number of amides is 2. The van der Waals surface area contributed by atoms with Crippen LogP contribution in [-0.4, -0.2) is 33.9 Å². The van der Waals surface area contributed by atoms with Gasteiger partial charge in [0.05, 0.1) is 24.1 Å². The van der Waals surface area contributed by atoms with E-state index in [1.165, 1.54) is 23.6 Å². The molecule has 166 valence electrons. The summed E-state index contributed by atoms with van der Waals surface area (Å²) >= 11 is 1.42. The third-order valence-corrected chi connectivity index (χ3v) is 6.26. The second-order valence-corrected chi connectivity index (χ2v) is 8.19. The Kier molecular flexibility index (Phi) is 6.36. The maximum Gasteiger partial charge on any atom is 0.338 e. The number of carbonyl (C=O) groups excluding carboxylic acids is 2. The van der Waals surface area contributed by atoms with Gasteiger partial charge in [0, 0.05) is 23.8 Å². The number of aromatic nitrogens is 2. The van der Waals surface area contributed by atoms with Gasteiger partial charge < -0.3 is 19.8 Å². The SMILES string of the molecule is CCOC(=O)C1=C(CSc2nccn2-c2cccc(C)c2C)NC(=O)NC1c1ccco1. The fourth-order valence-electron chi connectivity index (χ4n) is 3.56. The maximum absolute atomic E-state index is 12.8. The van der Waals surface area contributed by atoms with Crippen LogP contribution < -0.4 is 10.6 Å². The van der Waals surface area contributed by atoms with Gasteiger partial charge in [-0.2, -0.15) is 0 Å². The molecule has 3 aromatic rings. The smallest absolute Gasteiger partial charge is 0.338 e. The van der Waals surface area contributed by atoms with E-state index in [1.54, 1.807) is 25.3 Å². The minimum atomic E-state index is -0.729. The number of rotatable bonds is 7. The first-order valence-corrected chi connectivity index (χ1v) is 11.2. The van der Waals surface area contributed by atoms with Gasteiger partial charge in [-0.25, -0.2) is 14.6 Å². The van der Waals surface area contributed by atoms with Crippen LogP contribution in [0.2, 0.25) is 0 Å². The van der Waals surface area contributed by atoms with Crippen LogP contribution in [0.1, 0.15) is 29.9 Å². The number of hydrogen-bond donors (Lipinski definition) is 2. The van der Waals surface area contributed by atoms with Crippen molar-refractivity contribution in [3.05, 3.63) is 77.1 Å². The Bertz CT molecular complexity index is 1170. The standard InChI is InChI=1S/C23H24N4O4S/c1-4-30-21(28)19-16(25-22(29)26-20(19)18-9-6-12-31-18)13-32-23-24-10-11-27(23)17-8-5-7-14(2)15(17)3/h5-12,20H,4,13H2,1-3H3,(H2,25,26,29). The Morgan fingerprint density at radius 1 is 1.28 bits per heavy atom. The van der Waals surface area contributed by atoms with E-state index in [0.29, 0.717) is 22.8 Å². The third kappa shape index (κ3) is 4.29. The van der Waals surface area contributed by atoms with Gasteiger partial charge in [0.15, 0.2) is 5.16 Å². The molecule has 4 rings (SSSR count). The molecule has 1 aliphatic rings. The number of urea groups is 1. The largest absolute Gasteiger partial charge is 0.467 e. The summed E-state index contributed by atoms with van der Waals surface area (Å²) in [6.45, 7) is 6.10. The zero-order chi connectivity index (χ0) is 22.7. The first kappa shape index (κ1) is 21.8. The number of ether oxygens (including phenoxy) is 1. The summed E-state index contributed by atoms with van der Waals surface area (Å²) < 4.78 is 12.8. The highest BCUT2D eigenvalue weighted by Crippen LogP contribution is 2.31. The molecule has 2 amide bonds. The lowest BCUT2D eigenvalue weighted by atomic mass is 10.0. The second kappa shape index (κ2) is 9.35. The van der Waals surface area contributed by atoms with Crippen LogP contribution in [0.3, 0.4) is 0 Å². The van der Waals surface area contributed by atoms with E-state index >= 15 is 0 Å². The van der Waals surface area contributed by atoms with Gasteiger partial charge in [-0.3, -0.25) is 4.57 Å². The summed E-state index contributed by atoms with van der Waals surface area (Å²) in [5.74, 6) is 0.276. The molecule has 0 saturated carbocycles. The van der Waals surface area contributed by atoms with Gasteiger partial charge in [-0.15, -0.1) is 0 Å². The summed E-state index contributed by atoms with van der Waals surface area (Å²) in [7, 11) is 0. The molecule has 9 heteroatoms. The zero-order valence-corrected chi connectivity index (χ0v) is 18.9. The van der Waals surface area contributed by atoms with Crippen molar-refractivity contribution in [2.45, 2.75) is 32.0 Å². The minimum absolute atomic E-state index is 0.221. The fourth-order valence-corrected chi connectivity index (χ4v) is 4.50. The molecule has 8 nitrogen and oxygen atoms in total. The van der Waals surface area contributed by atoms with E-state index in [-0.39, 0.29) is 6.61 Å². The summed E-state index contributed by atoms with van der Waals surface area (Å²) in [6.07, 6.45) is 5.14. The Morgan fingerprint density at radius 3 is 2.88 bits per heavy atom. The number of aryl methyl sites for hydroxylation is 1. The Balaban J connectivity index is 1.67. The topological polar surface area (TPSA) is 98.4 Å². The minimum Gasteiger partial charge on any atom is -0.467 e. The van der Waals surface area contributed by atoms with Gasteiger partial charge in [0.1, 0.15) is 11.8 Å². The van der Waals surface area contributed by atoms with Gasteiger partial charge in [-0.1, -0.05) is 23.9 Å². The molecule has 0 fully saturated rings.